The lowest BCUT2D eigenvalue weighted by Gasteiger charge is -2.19. The lowest BCUT2D eigenvalue weighted by atomic mass is 9.78. The molecule has 0 saturated carbocycles. The average molecular weight is 529 g/mol. The second kappa shape index (κ2) is 10.1. The molecule has 6 aromatic rings. The van der Waals surface area contributed by atoms with Crippen LogP contribution in [0, 0.1) is 10.2 Å². The number of halogens is 1. The molecular formula is C34H21ClO4. The summed E-state index contributed by atoms with van der Waals surface area (Å²) in [6.07, 6.45) is 3.85. The third-order valence-electron chi connectivity index (χ3n) is 6.87. The summed E-state index contributed by atoms with van der Waals surface area (Å²) < 4.78 is 34.0. The van der Waals surface area contributed by atoms with Gasteiger partial charge < -0.3 is 0 Å². The summed E-state index contributed by atoms with van der Waals surface area (Å²) in [6, 6.07) is 45.7. The van der Waals surface area contributed by atoms with Crippen molar-refractivity contribution in [3.05, 3.63) is 149 Å². The van der Waals surface area contributed by atoms with Gasteiger partial charge in [0, 0.05) is 28.7 Å². The van der Waals surface area contributed by atoms with Gasteiger partial charge in [0.15, 0.2) is 0 Å². The molecule has 0 fully saturated rings. The molecule has 0 heterocycles. The van der Waals surface area contributed by atoms with Gasteiger partial charge in [-0.25, -0.2) is 18.6 Å². The summed E-state index contributed by atoms with van der Waals surface area (Å²) >= 11 is 0. The summed E-state index contributed by atoms with van der Waals surface area (Å²) in [5.74, 6) is 0. The van der Waals surface area contributed by atoms with E-state index in [0.29, 0.717) is 0 Å². The highest BCUT2D eigenvalue weighted by Crippen LogP contribution is 2.45. The molecule has 0 atom stereocenters. The molecule has 1 aliphatic rings. The van der Waals surface area contributed by atoms with Crippen LogP contribution in [0.1, 0.15) is 16.7 Å². The largest absolute Gasteiger partial charge is 0.222 e. The monoisotopic (exact) mass is 528 g/mol. The lowest BCUT2D eigenvalue weighted by molar-refractivity contribution is -2.00. The SMILES string of the molecule is [C+]1=c2ccc3cccc4cc(-c5ccccc5)c(c2c34)C(c2ccccc2)=C1c1ccccc1.[O-][Cl+3]([O-])([O-])[O-]. The van der Waals surface area contributed by atoms with Gasteiger partial charge in [0.2, 0.25) is 0 Å². The molecule has 0 spiro atoms. The van der Waals surface area contributed by atoms with E-state index in [1.165, 1.54) is 54.9 Å². The highest BCUT2D eigenvalue weighted by molar-refractivity contribution is 6.24. The van der Waals surface area contributed by atoms with Crippen LogP contribution >= 0.6 is 0 Å². The second-order valence-electron chi connectivity index (χ2n) is 9.22. The van der Waals surface area contributed by atoms with Crippen molar-refractivity contribution in [3.8, 4) is 11.1 Å². The Labute approximate surface area is 227 Å². The van der Waals surface area contributed by atoms with Crippen LogP contribution < -0.4 is 23.9 Å². The van der Waals surface area contributed by atoms with Gasteiger partial charge in [0.25, 0.3) is 0 Å². The molecule has 0 bridgehead atoms. The van der Waals surface area contributed by atoms with Gasteiger partial charge in [-0.1, -0.05) is 84.9 Å². The maximum Gasteiger partial charge on any atom is 0.139 e. The minimum Gasteiger partial charge on any atom is -0.222 e. The summed E-state index contributed by atoms with van der Waals surface area (Å²) in [5.41, 5.74) is 8.60. The van der Waals surface area contributed by atoms with Crippen molar-refractivity contribution < 1.29 is 28.9 Å². The molecule has 0 radical (unpaired) electrons. The topological polar surface area (TPSA) is 92.2 Å². The predicted octanol–water partition coefficient (Wildman–Crippen LogP) is 3.25. The molecule has 7 rings (SSSR count). The Balaban J connectivity index is 0.000000510. The van der Waals surface area contributed by atoms with E-state index in [1.54, 1.807) is 0 Å². The molecule has 0 aliphatic heterocycles. The van der Waals surface area contributed by atoms with Gasteiger partial charge in [-0.2, -0.15) is 0 Å². The molecule has 0 unspecified atom stereocenters. The van der Waals surface area contributed by atoms with Crippen LogP contribution in [-0.4, -0.2) is 0 Å². The summed E-state index contributed by atoms with van der Waals surface area (Å²) in [5, 5.41) is 6.33. The Morgan fingerprint density at radius 2 is 1.03 bits per heavy atom. The number of rotatable bonds is 3. The Morgan fingerprint density at radius 1 is 0.487 bits per heavy atom. The predicted molar refractivity (Wildman–Crippen MR) is 144 cm³/mol. The Kier molecular flexibility index (Phi) is 6.43. The molecular weight excluding hydrogens is 508 g/mol. The van der Waals surface area contributed by atoms with Crippen molar-refractivity contribution in [3.63, 3.8) is 0 Å². The highest BCUT2D eigenvalue weighted by Gasteiger charge is 2.30. The van der Waals surface area contributed by atoms with Crippen LogP contribution in [0.2, 0.25) is 0 Å². The van der Waals surface area contributed by atoms with Crippen LogP contribution in [0.5, 0.6) is 0 Å². The van der Waals surface area contributed by atoms with E-state index >= 15 is 0 Å². The third kappa shape index (κ3) is 4.92. The number of allylic oxidation sites excluding steroid dienone is 1. The number of benzene rings is 6. The molecule has 0 amide bonds. The number of hydrogen-bond donors (Lipinski definition) is 0. The van der Waals surface area contributed by atoms with E-state index in [2.05, 4.69) is 133 Å². The zero-order chi connectivity index (χ0) is 27.0. The van der Waals surface area contributed by atoms with Crippen molar-refractivity contribution in [2.75, 3.05) is 0 Å². The standard InChI is InChI=1S/C34H21.ClHO4/c1-4-11-23(12-5-1)29-22-28-20-19-26-17-10-18-27-21-30(24-13-6-2-7-14-24)34(33(28)31(26)27)32(29)25-15-8-3-9-16-25;2-1(3,4)5/h1-21H;(H,2,3,4,5)/q+1;/p-1. The highest BCUT2D eigenvalue weighted by atomic mass is 35.7. The third-order valence-corrected chi connectivity index (χ3v) is 6.87. The van der Waals surface area contributed by atoms with Gasteiger partial charge in [-0.05, 0) is 52.7 Å². The van der Waals surface area contributed by atoms with Crippen LogP contribution in [0.4, 0.5) is 0 Å². The Bertz CT molecular complexity index is 1870. The Hall–Kier alpha value is -4.38. The molecule has 0 saturated heterocycles. The maximum atomic E-state index is 8.49. The molecule has 6 aromatic carbocycles. The van der Waals surface area contributed by atoms with Crippen molar-refractivity contribution in [2.24, 2.45) is 0 Å². The average Bonchev–Trinajstić information content (AvgIpc) is 2.96. The molecule has 5 heteroatoms. The second-order valence-corrected chi connectivity index (χ2v) is 9.97. The first kappa shape index (κ1) is 24.9. The van der Waals surface area contributed by atoms with E-state index in [4.69, 9.17) is 18.6 Å². The summed E-state index contributed by atoms with van der Waals surface area (Å²) in [6.45, 7) is 0. The fourth-order valence-electron chi connectivity index (χ4n) is 5.40. The number of hydrogen-bond acceptors (Lipinski definition) is 4. The molecule has 0 N–H and O–H groups in total. The van der Waals surface area contributed by atoms with E-state index in [-0.39, 0.29) is 0 Å². The first-order valence-electron chi connectivity index (χ1n) is 12.3. The van der Waals surface area contributed by atoms with Crippen LogP contribution in [-0.2, 0) is 0 Å². The molecule has 0 aromatic heterocycles. The molecule has 188 valence electrons. The van der Waals surface area contributed by atoms with E-state index < -0.39 is 10.2 Å². The van der Waals surface area contributed by atoms with Crippen molar-refractivity contribution in [1.82, 2.24) is 0 Å². The Morgan fingerprint density at radius 3 is 1.64 bits per heavy atom. The first-order valence-corrected chi connectivity index (χ1v) is 13.6. The minimum atomic E-state index is -4.94. The van der Waals surface area contributed by atoms with Gasteiger partial charge in [-0.3, -0.25) is 0 Å². The van der Waals surface area contributed by atoms with Gasteiger partial charge in [0.05, 0.1) is 22.1 Å². The molecule has 39 heavy (non-hydrogen) atoms. The molecule has 4 nitrogen and oxygen atoms in total. The quantitative estimate of drug-likeness (QED) is 0.330. The van der Waals surface area contributed by atoms with E-state index in [0.717, 1.165) is 10.8 Å². The molecule has 1 aliphatic carbocycles. The zero-order valence-corrected chi connectivity index (χ0v) is 21.4. The maximum absolute atomic E-state index is 8.49. The fourth-order valence-corrected chi connectivity index (χ4v) is 5.40. The van der Waals surface area contributed by atoms with Gasteiger partial charge >= 0.3 is 0 Å². The van der Waals surface area contributed by atoms with Crippen LogP contribution in [0.25, 0.3) is 49.9 Å². The lowest BCUT2D eigenvalue weighted by Crippen LogP contribution is -2.68. The van der Waals surface area contributed by atoms with Gasteiger partial charge in [-0.15, -0.1) is 10.2 Å². The van der Waals surface area contributed by atoms with Crippen molar-refractivity contribution in [1.29, 1.82) is 0 Å². The zero-order valence-electron chi connectivity index (χ0n) is 20.6. The van der Waals surface area contributed by atoms with Crippen molar-refractivity contribution >= 4 is 38.8 Å². The first-order chi connectivity index (χ1) is 18.9. The van der Waals surface area contributed by atoms with Crippen LogP contribution in [0.15, 0.2) is 127 Å². The normalized spacial score (nSPS) is 12.5. The smallest absolute Gasteiger partial charge is 0.139 e. The summed E-state index contributed by atoms with van der Waals surface area (Å²) in [7, 11) is -4.94. The van der Waals surface area contributed by atoms with E-state index in [9.17, 15) is 0 Å². The van der Waals surface area contributed by atoms with E-state index in [1.807, 2.05) is 0 Å². The van der Waals surface area contributed by atoms with Crippen molar-refractivity contribution in [2.45, 2.75) is 0 Å². The minimum absolute atomic E-state index is 1.15. The fraction of sp³-hybridized carbons (Fsp3) is 0. The summed E-state index contributed by atoms with van der Waals surface area (Å²) in [4.78, 5) is 0. The van der Waals surface area contributed by atoms with Crippen LogP contribution in [0.3, 0.4) is 0 Å². The van der Waals surface area contributed by atoms with Gasteiger partial charge in [0.1, 0.15) is 10.8 Å².